The monoisotopic (exact) mass is 397 g/mol. The molecule has 1 atom stereocenters. The van der Waals surface area contributed by atoms with Gasteiger partial charge in [-0.25, -0.2) is 4.98 Å². The van der Waals surface area contributed by atoms with E-state index in [1.807, 2.05) is 68.4 Å². The molecule has 2 aromatic heterocycles. The van der Waals surface area contributed by atoms with Crippen molar-refractivity contribution in [2.24, 2.45) is 0 Å². The number of rotatable bonds is 5. The number of fused-ring (bicyclic) bond motifs is 1. The molecule has 0 spiro atoms. The molecule has 2 heterocycles. The van der Waals surface area contributed by atoms with Crippen molar-refractivity contribution < 1.29 is 9.90 Å². The summed E-state index contributed by atoms with van der Waals surface area (Å²) in [6.07, 6.45) is 2.22. The molecule has 5 heteroatoms. The number of amides is 1. The van der Waals surface area contributed by atoms with Gasteiger partial charge in [-0.05, 0) is 37.1 Å². The lowest BCUT2D eigenvalue weighted by atomic mass is 9.96. The zero-order valence-corrected chi connectivity index (χ0v) is 17.0. The summed E-state index contributed by atoms with van der Waals surface area (Å²) in [4.78, 5) is 22.6. The van der Waals surface area contributed by atoms with Crippen LogP contribution < -0.4 is 5.32 Å². The third kappa shape index (κ3) is 3.62. The normalized spacial score (nSPS) is 11.9. The quantitative estimate of drug-likeness (QED) is 0.486. The standard InChI is InChI=1S/C25H23N3O2/c1-3-19(24-21(29)14-9-15-26-24)28-25(30)22-16(2)23(17-10-5-4-6-11-17)27-20-13-8-7-12-18(20)22/h4-15,19,29H,3H2,1-2H3,(H,28,30). The van der Waals surface area contributed by atoms with Crippen molar-refractivity contribution in [1.29, 1.82) is 0 Å². The van der Waals surface area contributed by atoms with Crippen LogP contribution >= 0.6 is 0 Å². The highest BCUT2D eigenvalue weighted by Crippen LogP contribution is 2.31. The largest absolute Gasteiger partial charge is 0.506 e. The van der Waals surface area contributed by atoms with Crippen LogP contribution in [-0.4, -0.2) is 21.0 Å². The number of hydrogen-bond acceptors (Lipinski definition) is 4. The molecule has 2 aromatic carbocycles. The summed E-state index contributed by atoms with van der Waals surface area (Å²) in [5, 5.41) is 14.1. The van der Waals surface area contributed by atoms with Gasteiger partial charge < -0.3 is 10.4 Å². The Hall–Kier alpha value is -3.73. The Morgan fingerprint density at radius 1 is 1.03 bits per heavy atom. The molecule has 0 saturated heterocycles. The van der Waals surface area contributed by atoms with Gasteiger partial charge in [0.15, 0.2) is 0 Å². The smallest absolute Gasteiger partial charge is 0.252 e. The number of benzene rings is 2. The second kappa shape index (κ2) is 8.33. The molecule has 0 aliphatic carbocycles. The molecule has 0 aliphatic heterocycles. The van der Waals surface area contributed by atoms with E-state index in [0.29, 0.717) is 17.7 Å². The number of carbonyl (C=O) groups is 1. The lowest BCUT2D eigenvalue weighted by Crippen LogP contribution is -2.29. The number of nitrogens with zero attached hydrogens (tertiary/aromatic N) is 2. The second-order valence-corrected chi connectivity index (χ2v) is 7.19. The fourth-order valence-electron chi connectivity index (χ4n) is 3.75. The Morgan fingerprint density at radius 2 is 1.77 bits per heavy atom. The summed E-state index contributed by atoms with van der Waals surface area (Å²) in [5.41, 5.74) is 4.39. The van der Waals surface area contributed by atoms with Gasteiger partial charge in [-0.1, -0.05) is 55.5 Å². The van der Waals surface area contributed by atoms with Crippen molar-refractivity contribution in [3.05, 3.63) is 89.7 Å². The van der Waals surface area contributed by atoms with Crippen LogP contribution in [0.3, 0.4) is 0 Å². The van der Waals surface area contributed by atoms with E-state index in [4.69, 9.17) is 4.98 Å². The first-order valence-corrected chi connectivity index (χ1v) is 9.99. The van der Waals surface area contributed by atoms with Gasteiger partial charge in [0.1, 0.15) is 11.4 Å². The molecular formula is C25H23N3O2. The van der Waals surface area contributed by atoms with E-state index < -0.39 is 6.04 Å². The molecule has 2 N–H and O–H groups in total. The van der Waals surface area contributed by atoms with Crippen LogP contribution in [0.2, 0.25) is 0 Å². The van der Waals surface area contributed by atoms with Crippen molar-refractivity contribution in [1.82, 2.24) is 15.3 Å². The molecule has 1 unspecified atom stereocenters. The Morgan fingerprint density at radius 3 is 2.50 bits per heavy atom. The van der Waals surface area contributed by atoms with E-state index in [1.54, 1.807) is 18.3 Å². The van der Waals surface area contributed by atoms with Crippen LogP contribution in [0, 0.1) is 6.92 Å². The van der Waals surface area contributed by atoms with Crippen LogP contribution in [-0.2, 0) is 0 Å². The summed E-state index contributed by atoms with van der Waals surface area (Å²) < 4.78 is 0. The van der Waals surface area contributed by atoms with Gasteiger partial charge in [0.25, 0.3) is 5.91 Å². The van der Waals surface area contributed by atoms with Crippen molar-refractivity contribution >= 4 is 16.8 Å². The average molecular weight is 397 g/mol. The van der Waals surface area contributed by atoms with Gasteiger partial charge in [-0.3, -0.25) is 9.78 Å². The number of para-hydroxylation sites is 1. The fraction of sp³-hybridized carbons (Fsp3) is 0.160. The van der Waals surface area contributed by atoms with Gasteiger partial charge in [0, 0.05) is 17.1 Å². The molecule has 30 heavy (non-hydrogen) atoms. The molecule has 1 amide bonds. The molecule has 0 aliphatic rings. The zero-order chi connectivity index (χ0) is 21.1. The molecule has 4 aromatic rings. The Bertz CT molecular complexity index is 1210. The third-order valence-electron chi connectivity index (χ3n) is 5.27. The van der Waals surface area contributed by atoms with Crippen molar-refractivity contribution in [2.75, 3.05) is 0 Å². The lowest BCUT2D eigenvalue weighted by Gasteiger charge is -2.20. The Kier molecular flexibility index (Phi) is 5.44. The van der Waals surface area contributed by atoms with Crippen LogP contribution in [0.5, 0.6) is 5.75 Å². The van der Waals surface area contributed by atoms with Crippen LogP contribution in [0.4, 0.5) is 0 Å². The highest BCUT2D eigenvalue weighted by molar-refractivity contribution is 6.09. The van der Waals surface area contributed by atoms with E-state index in [2.05, 4.69) is 10.3 Å². The minimum Gasteiger partial charge on any atom is -0.506 e. The highest BCUT2D eigenvalue weighted by Gasteiger charge is 2.23. The van der Waals surface area contributed by atoms with E-state index >= 15 is 0 Å². The maximum atomic E-state index is 13.5. The number of carbonyl (C=O) groups excluding carboxylic acids is 1. The first kappa shape index (κ1) is 19.6. The van der Waals surface area contributed by atoms with E-state index in [9.17, 15) is 9.90 Å². The Labute approximate surface area is 175 Å². The van der Waals surface area contributed by atoms with Gasteiger partial charge in [-0.15, -0.1) is 0 Å². The molecule has 0 fully saturated rings. The third-order valence-corrected chi connectivity index (χ3v) is 5.27. The number of hydrogen-bond donors (Lipinski definition) is 2. The fourth-order valence-corrected chi connectivity index (χ4v) is 3.75. The molecule has 0 saturated carbocycles. The number of aromatic hydroxyl groups is 1. The van der Waals surface area contributed by atoms with E-state index in [0.717, 1.165) is 27.7 Å². The minimum atomic E-state index is -0.398. The van der Waals surface area contributed by atoms with Gasteiger partial charge in [0.2, 0.25) is 0 Å². The molecule has 150 valence electrons. The van der Waals surface area contributed by atoms with E-state index in [1.165, 1.54) is 0 Å². The topological polar surface area (TPSA) is 75.1 Å². The minimum absolute atomic E-state index is 0.0749. The van der Waals surface area contributed by atoms with Crippen LogP contribution in [0.1, 0.15) is 41.0 Å². The summed E-state index contributed by atoms with van der Waals surface area (Å²) in [6, 6.07) is 20.4. The number of pyridine rings is 2. The predicted octanol–water partition coefficient (Wildman–Crippen LogP) is 5.19. The molecular weight excluding hydrogens is 374 g/mol. The van der Waals surface area contributed by atoms with E-state index in [-0.39, 0.29) is 11.7 Å². The first-order valence-electron chi connectivity index (χ1n) is 9.99. The van der Waals surface area contributed by atoms with Crippen molar-refractivity contribution in [3.63, 3.8) is 0 Å². The maximum Gasteiger partial charge on any atom is 0.252 e. The molecule has 4 rings (SSSR count). The van der Waals surface area contributed by atoms with Crippen LogP contribution in [0.25, 0.3) is 22.2 Å². The zero-order valence-electron chi connectivity index (χ0n) is 17.0. The predicted molar refractivity (Wildman–Crippen MR) is 118 cm³/mol. The van der Waals surface area contributed by atoms with Crippen molar-refractivity contribution in [2.45, 2.75) is 26.3 Å². The molecule has 5 nitrogen and oxygen atoms in total. The van der Waals surface area contributed by atoms with Crippen LogP contribution in [0.15, 0.2) is 72.9 Å². The summed E-state index contributed by atoms with van der Waals surface area (Å²) in [5.74, 6) is -0.133. The summed E-state index contributed by atoms with van der Waals surface area (Å²) in [7, 11) is 0. The maximum absolute atomic E-state index is 13.5. The summed E-state index contributed by atoms with van der Waals surface area (Å²) >= 11 is 0. The van der Waals surface area contributed by atoms with Crippen molar-refractivity contribution in [3.8, 4) is 17.0 Å². The van der Waals surface area contributed by atoms with Gasteiger partial charge in [-0.2, -0.15) is 0 Å². The molecule has 0 radical (unpaired) electrons. The SMILES string of the molecule is CCC(NC(=O)c1c(C)c(-c2ccccc2)nc2ccccc12)c1ncccc1O. The molecule has 0 bridgehead atoms. The van der Waals surface area contributed by atoms with Gasteiger partial charge in [0.05, 0.1) is 22.8 Å². The summed E-state index contributed by atoms with van der Waals surface area (Å²) in [6.45, 7) is 3.88. The van der Waals surface area contributed by atoms with Gasteiger partial charge >= 0.3 is 0 Å². The second-order valence-electron chi connectivity index (χ2n) is 7.19. The number of aromatic nitrogens is 2. The highest BCUT2D eigenvalue weighted by atomic mass is 16.3. The Balaban J connectivity index is 1.82. The first-order chi connectivity index (χ1) is 14.6. The number of nitrogens with one attached hydrogen (secondary N) is 1. The lowest BCUT2D eigenvalue weighted by molar-refractivity contribution is 0.0935. The average Bonchev–Trinajstić information content (AvgIpc) is 2.78.